The van der Waals surface area contributed by atoms with E-state index in [1.54, 1.807) is 6.26 Å². The molecule has 0 aromatic carbocycles. The standard InChI is InChI=1S/C14H24N2O/c1-3-5-13-11-16(8-7-15-13)12(2)10-14-6-4-9-17-14/h4,6,9,12-13,15H,3,5,7-8,10-11H2,1-2H3. The van der Waals surface area contributed by atoms with E-state index in [1.807, 2.05) is 6.07 Å². The Balaban J connectivity index is 1.84. The summed E-state index contributed by atoms with van der Waals surface area (Å²) in [5, 5.41) is 3.60. The number of piperazine rings is 1. The SMILES string of the molecule is CCCC1CN(C(C)Cc2ccco2)CCN1. The molecule has 2 heterocycles. The predicted octanol–water partition coefficient (Wildman–Crippen LogP) is 2.28. The first-order valence-corrected chi connectivity index (χ1v) is 6.79. The molecule has 1 saturated heterocycles. The van der Waals surface area contributed by atoms with Gasteiger partial charge >= 0.3 is 0 Å². The van der Waals surface area contributed by atoms with E-state index in [0.717, 1.165) is 25.3 Å². The Morgan fingerprint density at radius 3 is 3.18 bits per heavy atom. The summed E-state index contributed by atoms with van der Waals surface area (Å²) >= 11 is 0. The molecule has 96 valence electrons. The third-order valence-corrected chi connectivity index (χ3v) is 3.62. The van der Waals surface area contributed by atoms with Crippen molar-refractivity contribution in [2.24, 2.45) is 0 Å². The van der Waals surface area contributed by atoms with Gasteiger partial charge in [0.2, 0.25) is 0 Å². The van der Waals surface area contributed by atoms with Gasteiger partial charge in [0.25, 0.3) is 0 Å². The molecule has 1 fully saturated rings. The maximum Gasteiger partial charge on any atom is 0.105 e. The van der Waals surface area contributed by atoms with Crippen LogP contribution in [0, 0.1) is 0 Å². The van der Waals surface area contributed by atoms with Crippen LogP contribution in [0.5, 0.6) is 0 Å². The molecule has 0 radical (unpaired) electrons. The van der Waals surface area contributed by atoms with Crippen molar-refractivity contribution in [2.75, 3.05) is 19.6 Å². The van der Waals surface area contributed by atoms with Crippen LogP contribution in [0.15, 0.2) is 22.8 Å². The van der Waals surface area contributed by atoms with Crippen LogP contribution in [-0.2, 0) is 6.42 Å². The highest BCUT2D eigenvalue weighted by atomic mass is 16.3. The van der Waals surface area contributed by atoms with Crippen LogP contribution in [0.1, 0.15) is 32.4 Å². The molecular formula is C14H24N2O. The molecule has 0 aliphatic carbocycles. The Labute approximate surface area is 104 Å². The molecule has 0 saturated carbocycles. The van der Waals surface area contributed by atoms with Crippen LogP contribution in [0.4, 0.5) is 0 Å². The van der Waals surface area contributed by atoms with Gasteiger partial charge in [-0.05, 0) is 25.5 Å². The monoisotopic (exact) mass is 236 g/mol. The maximum atomic E-state index is 5.43. The Morgan fingerprint density at radius 2 is 2.47 bits per heavy atom. The van der Waals surface area contributed by atoms with Gasteiger partial charge in [0, 0.05) is 38.1 Å². The normalized spacial score (nSPS) is 23.8. The summed E-state index contributed by atoms with van der Waals surface area (Å²) in [5.41, 5.74) is 0. The lowest BCUT2D eigenvalue weighted by molar-refractivity contribution is 0.144. The van der Waals surface area contributed by atoms with Gasteiger partial charge in [-0.2, -0.15) is 0 Å². The van der Waals surface area contributed by atoms with E-state index in [1.165, 1.54) is 19.4 Å². The van der Waals surface area contributed by atoms with Gasteiger partial charge in [0.05, 0.1) is 6.26 Å². The number of nitrogens with zero attached hydrogens (tertiary/aromatic N) is 1. The van der Waals surface area contributed by atoms with Gasteiger partial charge in [0.15, 0.2) is 0 Å². The minimum absolute atomic E-state index is 0.572. The van der Waals surface area contributed by atoms with Crippen LogP contribution < -0.4 is 5.32 Å². The third kappa shape index (κ3) is 3.58. The van der Waals surface area contributed by atoms with Crippen molar-refractivity contribution >= 4 is 0 Å². The van der Waals surface area contributed by atoms with E-state index < -0.39 is 0 Å². The zero-order chi connectivity index (χ0) is 12.1. The molecule has 0 amide bonds. The highest BCUT2D eigenvalue weighted by Gasteiger charge is 2.22. The van der Waals surface area contributed by atoms with Crippen LogP contribution in [-0.4, -0.2) is 36.6 Å². The van der Waals surface area contributed by atoms with E-state index in [4.69, 9.17) is 4.42 Å². The summed E-state index contributed by atoms with van der Waals surface area (Å²) in [4.78, 5) is 2.58. The minimum Gasteiger partial charge on any atom is -0.469 e. The zero-order valence-corrected chi connectivity index (χ0v) is 11.0. The average molecular weight is 236 g/mol. The van der Waals surface area contributed by atoms with E-state index in [-0.39, 0.29) is 0 Å². The average Bonchev–Trinajstić information content (AvgIpc) is 2.83. The van der Waals surface area contributed by atoms with E-state index >= 15 is 0 Å². The van der Waals surface area contributed by atoms with Crippen molar-refractivity contribution < 1.29 is 4.42 Å². The summed E-state index contributed by atoms with van der Waals surface area (Å²) in [7, 11) is 0. The molecular weight excluding hydrogens is 212 g/mol. The highest BCUT2D eigenvalue weighted by molar-refractivity contribution is 5.00. The Kier molecular flexibility index (Phi) is 4.63. The van der Waals surface area contributed by atoms with Crippen LogP contribution in [0.2, 0.25) is 0 Å². The fourth-order valence-electron chi connectivity index (χ4n) is 2.64. The number of furan rings is 1. The van der Waals surface area contributed by atoms with E-state index in [2.05, 4.69) is 30.1 Å². The summed E-state index contributed by atoms with van der Waals surface area (Å²) < 4.78 is 5.43. The number of rotatable bonds is 5. The van der Waals surface area contributed by atoms with Crippen molar-refractivity contribution in [2.45, 2.75) is 45.2 Å². The second-order valence-corrected chi connectivity index (χ2v) is 5.07. The zero-order valence-electron chi connectivity index (χ0n) is 11.0. The van der Waals surface area contributed by atoms with Crippen molar-refractivity contribution in [1.29, 1.82) is 0 Å². The molecule has 2 unspecified atom stereocenters. The highest BCUT2D eigenvalue weighted by Crippen LogP contribution is 2.13. The molecule has 0 spiro atoms. The number of hydrogen-bond acceptors (Lipinski definition) is 3. The van der Waals surface area contributed by atoms with Crippen molar-refractivity contribution in [3.63, 3.8) is 0 Å². The maximum absolute atomic E-state index is 5.43. The number of hydrogen-bond donors (Lipinski definition) is 1. The molecule has 1 aromatic heterocycles. The molecule has 2 rings (SSSR count). The van der Waals surface area contributed by atoms with Gasteiger partial charge in [-0.25, -0.2) is 0 Å². The Bertz CT molecular complexity index is 308. The molecule has 1 aromatic rings. The minimum atomic E-state index is 0.572. The van der Waals surface area contributed by atoms with E-state index in [9.17, 15) is 0 Å². The molecule has 17 heavy (non-hydrogen) atoms. The largest absolute Gasteiger partial charge is 0.469 e. The first kappa shape index (κ1) is 12.7. The lowest BCUT2D eigenvalue weighted by atomic mass is 10.1. The molecule has 2 atom stereocenters. The van der Waals surface area contributed by atoms with Gasteiger partial charge in [-0.15, -0.1) is 0 Å². The van der Waals surface area contributed by atoms with Gasteiger partial charge in [-0.3, -0.25) is 4.90 Å². The van der Waals surface area contributed by atoms with Crippen molar-refractivity contribution in [3.05, 3.63) is 24.2 Å². The fourth-order valence-corrected chi connectivity index (χ4v) is 2.64. The lowest BCUT2D eigenvalue weighted by Gasteiger charge is -2.37. The second kappa shape index (κ2) is 6.22. The van der Waals surface area contributed by atoms with Crippen molar-refractivity contribution in [1.82, 2.24) is 10.2 Å². The summed E-state index contributed by atoms with van der Waals surface area (Å²) in [6, 6.07) is 5.29. The summed E-state index contributed by atoms with van der Waals surface area (Å²) in [6.07, 6.45) is 5.33. The predicted molar refractivity (Wildman–Crippen MR) is 70.1 cm³/mol. The topological polar surface area (TPSA) is 28.4 Å². The smallest absolute Gasteiger partial charge is 0.105 e. The van der Waals surface area contributed by atoms with Crippen LogP contribution >= 0.6 is 0 Å². The molecule has 3 nitrogen and oxygen atoms in total. The lowest BCUT2D eigenvalue weighted by Crippen LogP contribution is -2.53. The second-order valence-electron chi connectivity index (χ2n) is 5.07. The van der Waals surface area contributed by atoms with Gasteiger partial charge in [-0.1, -0.05) is 13.3 Å². The molecule has 1 N–H and O–H groups in total. The summed E-state index contributed by atoms with van der Waals surface area (Å²) in [6.45, 7) is 8.01. The summed E-state index contributed by atoms with van der Waals surface area (Å²) in [5.74, 6) is 1.10. The third-order valence-electron chi connectivity index (χ3n) is 3.62. The molecule has 1 aliphatic rings. The van der Waals surface area contributed by atoms with Crippen LogP contribution in [0.25, 0.3) is 0 Å². The molecule has 0 bridgehead atoms. The van der Waals surface area contributed by atoms with Crippen LogP contribution in [0.3, 0.4) is 0 Å². The molecule has 3 heteroatoms. The first-order valence-electron chi connectivity index (χ1n) is 6.79. The Hall–Kier alpha value is -0.800. The van der Waals surface area contributed by atoms with E-state index in [0.29, 0.717) is 12.1 Å². The first-order chi connectivity index (χ1) is 8.29. The van der Waals surface area contributed by atoms with Crippen molar-refractivity contribution in [3.8, 4) is 0 Å². The fraction of sp³-hybridized carbons (Fsp3) is 0.714. The quantitative estimate of drug-likeness (QED) is 0.850. The molecule has 1 aliphatic heterocycles. The van der Waals surface area contributed by atoms with Gasteiger partial charge < -0.3 is 9.73 Å². The number of nitrogens with one attached hydrogen (secondary N) is 1. The Morgan fingerprint density at radius 1 is 1.59 bits per heavy atom. The van der Waals surface area contributed by atoms with Gasteiger partial charge in [0.1, 0.15) is 5.76 Å².